The third kappa shape index (κ3) is 5.66. The van der Waals surface area contributed by atoms with Crippen molar-refractivity contribution in [2.75, 3.05) is 44.5 Å². The molecule has 0 aliphatic heterocycles. The smallest absolute Gasteiger partial charge is 0.330 e. The molecule has 1 aliphatic rings. The van der Waals surface area contributed by atoms with E-state index in [0.29, 0.717) is 19.1 Å². The highest BCUT2D eigenvalue weighted by Gasteiger charge is 2.27. The van der Waals surface area contributed by atoms with Crippen LogP contribution >= 0.6 is 0 Å². The van der Waals surface area contributed by atoms with Crippen LogP contribution < -0.4 is 21.9 Å². The van der Waals surface area contributed by atoms with Gasteiger partial charge in [0.15, 0.2) is 5.69 Å². The number of likely N-dealkylation sites (N-methyl/N-ethyl adjacent to an activating group) is 1. The molecule has 1 fully saturated rings. The predicted molar refractivity (Wildman–Crippen MR) is 125 cm³/mol. The molecule has 1 aromatic heterocycles. The zero-order chi connectivity index (χ0) is 23.1. The van der Waals surface area contributed by atoms with Gasteiger partial charge in [-0.05, 0) is 31.9 Å². The molecule has 1 aromatic carbocycles. The first-order valence-electron chi connectivity index (χ1n) is 11.1. The van der Waals surface area contributed by atoms with Crippen molar-refractivity contribution < 1.29 is 9.53 Å². The molecule has 3 rings (SSSR count). The van der Waals surface area contributed by atoms with Gasteiger partial charge >= 0.3 is 5.69 Å². The summed E-state index contributed by atoms with van der Waals surface area (Å²) in [5.41, 5.74) is 5.94. The number of H-pyrrole nitrogens is 1. The molecule has 9 nitrogen and oxygen atoms in total. The molecule has 0 saturated heterocycles. The number of carbonyl (C=O) groups excluding carboxylic acids is 1. The Morgan fingerprint density at radius 3 is 2.56 bits per heavy atom. The summed E-state index contributed by atoms with van der Waals surface area (Å²) >= 11 is 0. The first kappa shape index (κ1) is 23.7. The number of aromatic nitrogens is 2. The van der Waals surface area contributed by atoms with Crippen molar-refractivity contribution >= 4 is 17.4 Å². The number of aromatic amines is 1. The van der Waals surface area contributed by atoms with Gasteiger partial charge in [0, 0.05) is 26.3 Å². The third-order valence-corrected chi connectivity index (χ3v) is 6.03. The van der Waals surface area contributed by atoms with Crippen molar-refractivity contribution in [2.24, 2.45) is 0 Å². The Labute approximate surface area is 187 Å². The van der Waals surface area contributed by atoms with Crippen molar-refractivity contribution in [2.45, 2.75) is 44.7 Å². The van der Waals surface area contributed by atoms with Gasteiger partial charge < -0.3 is 15.4 Å². The van der Waals surface area contributed by atoms with E-state index in [0.717, 1.165) is 31.2 Å². The number of nitrogen functional groups attached to an aromatic ring is 1. The standard InChI is InChI=1S/C23H33N5O4/c1-26(18-11-6-7-12-18)16-19(29)27(13-8-14-32-2)20-21(24)28(23(31)25-22(20)30)15-17-9-4-3-5-10-17/h3-5,9-10,18H,6-8,11-16,24H2,1-2H3,(H,25,30,31). The number of hydrogen-bond acceptors (Lipinski definition) is 6. The fraction of sp³-hybridized carbons (Fsp3) is 0.522. The van der Waals surface area contributed by atoms with Crippen LogP contribution in [0.25, 0.3) is 0 Å². The molecule has 32 heavy (non-hydrogen) atoms. The second-order valence-corrected chi connectivity index (χ2v) is 8.31. The highest BCUT2D eigenvalue weighted by atomic mass is 16.5. The van der Waals surface area contributed by atoms with Crippen LogP contribution in [-0.2, 0) is 16.1 Å². The van der Waals surface area contributed by atoms with Crippen molar-refractivity contribution in [1.29, 1.82) is 0 Å². The number of benzene rings is 1. The molecule has 2 aromatic rings. The van der Waals surface area contributed by atoms with Crippen LogP contribution in [0.4, 0.5) is 11.5 Å². The molecule has 1 saturated carbocycles. The van der Waals surface area contributed by atoms with Crippen molar-refractivity contribution in [1.82, 2.24) is 14.5 Å². The Hall–Kier alpha value is -2.91. The molecular formula is C23H33N5O4. The number of nitrogens with one attached hydrogen (secondary N) is 1. The largest absolute Gasteiger partial charge is 0.385 e. The lowest BCUT2D eigenvalue weighted by atomic mass is 10.2. The van der Waals surface area contributed by atoms with Crippen LogP contribution in [0.1, 0.15) is 37.7 Å². The van der Waals surface area contributed by atoms with E-state index in [2.05, 4.69) is 4.98 Å². The number of anilines is 2. The summed E-state index contributed by atoms with van der Waals surface area (Å²) in [6.45, 7) is 1.07. The topological polar surface area (TPSA) is 114 Å². The van der Waals surface area contributed by atoms with E-state index >= 15 is 0 Å². The maximum atomic E-state index is 13.3. The van der Waals surface area contributed by atoms with Gasteiger partial charge in [0.05, 0.1) is 13.1 Å². The Balaban J connectivity index is 1.93. The molecule has 0 atom stereocenters. The summed E-state index contributed by atoms with van der Waals surface area (Å²) in [6, 6.07) is 9.71. The zero-order valence-electron chi connectivity index (χ0n) is 18.9. The van der Waals surface area contributed by atoms with Crippen molar-refractivity contribution in [3.63, 3.8) is 0 Å². The molecule has 0 spiro atoms. The maximum absolute atomic E-state index is 13.3. The highest BCUT2D eigenvalue weighted by molar-refractivity contribution is 5.96. The summed E-state index contributed by atoms with van der Waals surface area (Å²) in [6.07, 6.45) is 5.00. The van der Waals surface area contributed by atoms with E-state index in [4.69, 9.17) is 10.5 Å². The van der Waals surface area contributed by atoms with Gasteiger partial charge in [-0.2, -0.15) is 0 Å². The predicted octanol–water partition coefficient (Wildman–Crippen LogP) is 1.41. The third-order valence-electron chi connectivity index (χ3n) is 6.03. The molecule has 3 N–H and O–H groups in total. The van der Waals surface area contributed by atoms with Gasteiger partial charge in [-0.25, -0.2) is 4.79 Å². The van der Waals surface area contributed by atoms with Crippen LogP contribution in [0.2, 0.25) is 0 Å². The lowest BCUT2D eigenvalue weighted by Gasteiger charge is -2.29. The second-order valence-electron chi connectivity index (χ2n) is 8.31. The second kappa shape index (κ2) is 11.1. The zero-order valence-corrected chi connectivity index (χ0v) is 18.9. The summed E-state index contributed by atoms with van der Waals surface area (Å²) < 4.78 is 6.43. The van der Waals surface area contributed by atoms with Crippen LogP contribution in [0.15, 0.2) is 39.9 Å². The van der Waals surface area contributed by atoms with E-state index in [-0.39, 0.29) is 37.0 Å². The average Bonchev–Trinajstić information content (AvgIpc) is 3.31. The van der Waals surface area contributed by atoms with Crippen LogP contribution in [0.5, 0.6) is 0 Å². The molecule has 9 heteroatoms. The Morgan fingerprint density at radius 1 is 1.22 bits per heavy atom. The summed E-state index contributed by atoms with van der Waals surface area (Å²) in [5, 5.41) is 0. The molecule has 1 aliphatic carbocycles. The van der Waals surface area contributed by atoms with E-state index in [1.165, 1.54) is 9.47 Å². The fourth-order valence-electron chi connectivity index (χ4n) is 4.26. The minimum Gasteiger partial charge on any atom is -0.385 e. The molecule has 0 bridgehead atoms. The van der Waals surface area contributed by atoms with E-state index in [1.54, 1.807) is 7.11 Å². The van der Waals surface area contributed by atoms with Gasteiger partial charge in [0.1, 0.15) is 5.82 Å². The molecule has 1 heterocycles. The minimum absolute atomic E-state index is 0.0152. The maximum Gasteiger partial charge on any atom is 0.330 e. The van der Waals surface area contributed by atoms with E-state index in [9.17, 15) is 14.4 Å². The average molecular weight is 444 g/mol. The van der Waals surface area contributed by atoms with Crippen LogP contribution in [-0.4, -0.2) is 60.3 Å². The van der Waals surface area contributed by atoms with Gasteiger partial charge in [0.25, 0.3) is 5.56 Å². The summed E-state index contributed by atoms with van der Waals surface area (Å²) in [7, 11) is 3.52. The SMILES string of the molecule is COCCCN(C(=O)CN(C)C1CCCC1)c1c(N)n(Cc2ccccc2)c(=O)[nH]c1=O. The van der Waals surface area contributed by atoms with Crippen molar-refractivity contribution in [3.8, 4) is 0 Å². The lowest BCUT2D eigenvalue weighted by molar-refractivity contribution is -0.120. The molecule has 174 valence electrons. The van der Waals surface area contributed by atoms with Gasteiger partial charge in [0.2, 0.25) is 5.91 Å². The Morgan fingerprint density at radius 2 is 1.91 bits per heavy atom. The normalized spacial score (nSPS) is 14.2. The number of amides is 1. The first-order chi connectivity index (χ1) is 15.4. The molecule has 0 unspecified atom stereocenters. The number of hydrogen-bond donors (Lipinski definition) is 2. The molecule has 1 amide bonds. The van der Waals surface area contributed by atoms with Gasteiger partial charge in [-0.1, -0.05) is 43.2 Å². The van der Waals surface area contributed by atoms with Gasteiger partial charge in [-0.15, -0.1) is 0 Å². The molecular weight excluding hydrogens is 410 g/mol. The minimum atomic E-state index is -0.661. The van der Waals surface area contributed by atoms with Crippen LogP contribution in [0, 0.1) is 0 Å². The number of nitrogens with zero attached hydrogens (tertiary/aromatic N) is 3. The van der Waals surface area contributed by atoms with Crippen LogP contribution in [0.3, 0.4) is 0 Å². The number of rotatable bonds is 10. The number of carbonyl (C=O) groups is 1. The Kier molecular flexibility index (Phi) is 8.24. The number of ether oxygens (including phenoxy) is 1. The number of nitrogens with two attached hydrogens (primary N) is 1. The van der Waals surface area contributed by atoms with E-state index < -0.39 is 11.2 Å². The fourth-order valence-corrected chi connectivity index (χ4v) is 4.26. The Bertz CT molecular complexity index is 1010. The lowest BCUT2D eigenvalue weighted by Crippen LogP contribution is -2.46. The van der Waals surface area contributed by atoms with E-state index in [1.807, 2.05) is 42.3 Å². The van der Waals surface area contributed by atoms with Crippen molar-refractivity contribution in [3.05, 3.63) is 56.7 Å². The highest BCUT2D eigenvalue weighted by Crippen LogP contribution is 2.23. The number of methoxy groups -OCH3 is 1. The summed E-state index contributed by atoms with van der Waals surface area (Å²) in [5.74, 6) is -0.241. The molecule has 0 radical (unpaired) electrons. The van der Waals surface area contributed by atoms with Gasteiger partial charge in [-0.3, -0.25) is 24.0 Å². The quantitative estimate of drug-likeness (QED) is 0.537. The monoisotopic (exact) mass is 443 g/mol. The summed E-state index contributed by atoms with van der Waals surface area (Å²) in [4.78, 5) is 44.4. The first-order valence-corrected chi connectivity index (χ1v) is 11.1.